The standard InChI is InChI=1S/C26H31N5O/c1-30(20-21-8-3-2-4-9-21)17-7-16-27-26(32)23-12-10-22(11-13-23)24-14-15-25(29-28-24)31-18-5-6-19-31/h2-4,8-15H,5-7,16-20H2,1H3,(H,27,32). The molecule has 1 amide bonds. The molecule has 0 aliphatic carbocycles. The van der Waals surface area contributed by atoms with E-state index < -0.39 is 0 Å². The average molecular weight is 430 g/mol. The molecule has 1 aromatic heterocycles. The van der Waals surface area contributed by atoms with Crippen molar-refractivity contribution in [3.8, 4) is 11.3 Å². The van der Waals surface area contributed by atoms with Gasteiger partial charge in [0.2, 0.25) is 0 Å². The summed E-state index contributed by atoms with van der Waals surface area (Å²) in [5.74, 6) is 0.898. The zero-order chi connectivity index (χ0) is 22.2. The van der Waals surface area contributed by atoms with Gasteiger partial charge in [0.25, 0.3) is 5.91 Å². The lowest BCUT2D eigenvalue weighted by Crippen LogP contribution is -2.28. The number of amides is 1. The second-order valence-corrected chi connectivity index (χ2v) is 8.38. The summed E-state index contributed by atoms with van der Waals surface area (Å²) in [5.41, 5.74) is 3.74. The molecule has 2 aromatic carbocycles. The molecule has 0 radical (unpaired) electrons. The van der Waals surface area contributed by atoms with Crippen LogP contribution < -0.4 is 10.2 Å². The van der Waals surface area contributed by atoms with Gasteiger partial charge < -0.3 is 15.1 Å². The first-order valence-electron chi connectivity index (χ1n) is 11.4. The molecule has 0 atom stereocenters. The molecular formula is C26H31N5O. The third-order valence-electron chi connectivity index (χ3n) is 5.82. The molecule has 6 heteroatoms. The molecule has 166 valence electrons. The number of anilines is 1. The first kappa shape index (κ1) is 22.0. The molecule has 3 aromatic rings. The lowest BCUT2D eigenvalue weighted by Gasteiger charge is -2.16. The predicted molar refractivity (Wildman–Crippen MR) is 129 cm³/mol. The summed E-state index contributed by atoms with van der Waals surface area (Å²) in [6, 6.07) is 22.0. The molecule has 0 unspecified atom stereocenters. The predicted octanol–water partition coefficient (Wildman–Crippen LogP) is 4.00. The van der Waals surface area contributed by atoms with Gasteiger partial charge in [-0.1, -0.05) is 42.5 Å². The summed E-state index contributed by atoms with van der Waals surface area (Å²) in [6.45, 7) is 4.61. The van der Waals surface area contributed by atoms with Crippen LogP contribution >= 0.6 is 0 Å². The number of nitrogens with one attached hydrogen (secondary N) is 1. The number of carbonyl (C=O) groups excluding carboxylic acids is 1. The maximum Gasteiger partial charge on any atom is 0.251 e. The number of nitrogens with zero attached hydrogens (tertiary/aromatic N) is 4. The van der Waals surface area contributed by atoms with Crippen molar-refractivity contribution in [3.63, 3.8) is 0 Å². The van der Waals surface area contributed by atoms with Crippen molar-refractivity contribution >= 4 is 11.7 Å². The zero-order valence-electron chi connectivity index (χ0n) is 18.7. The third kappa shape index (κ3) is 5.92. The molecule has 1 aliphatic heterocycles. The molecule has 1 fully saturated rings. The van der Waals surface area contributed by atoms with Crippen molar-refractivity contribution < 1.29 is 4.79 Å². The molecule has 2 heterocycles. The largest absolute Gasteiger partial charge is 0.355 e. The van der Waals surface area contributed by atoms with Crippen LogP contribution in [0.25, 0.3) is 11.3 Å². The SMILES string of the molecule is CN(CCCNC(=O)c1ccc(-c2ccc(N3CCCC3)nn2)cc1)Cc1ccccc1. The summed E-state index contributed by atoms with van der Waals surface area (Å²) >= 11 is 0. The molecule has 1 saturated heterocycles. The van der Waals surface area contributed by atoms with E-state index in [2.05, 4.69) is 56.6 Å². The van der Waals surface area contributed by atoms with Gasteiger partial charge in [-0.2, -0.15) is 0 Å². The van der Waals surface area contributed by atoms with Crippen LogP contribution in [-0.4, -0.2) is 54.2 Å². The molecule has 32 heavy (non-hydrogen) atoms. The van der Waals surface area contributed by atoms with Crippen LogP contribution in [0.5, 0.6) is 0 Å². The molecule has 0 saturated carbocycles. The second kappa shape index (κ2) is 10.9. The number of aromatic nitrogens is 2. The Balaban J connectivity index is 1.22. The van der Waals surface area contributed by atoms with Crippen molar-refractivity contribution in [2.45, 2.75) is 25.8 Å². The van der Waals surface area contributed by atoms with Gasteiger partial charge >= 0.3 is 0 Å². The Hall–Kier alpha value is -3.25. The monoisotopic (exact) mass is 429 g/mol. The van der Waals surface area contributed by atoms with Gasteiger partial charge in [-0.3, -0.25) is 4.79 Å². The van der Waals surface area contributed by atoms with Crippen molar-refractivity contribution in [3.05, 3.63) is 77.9 Å². The number of hydrogen-bond acceptors (Lipinski definition) is 5. The van der Waals surface area contributed by atoms with Crippen LogP contribution in [0.2, 0.25) is 0 Å². The summed E-state index contributed by atoms with van der Waals surface area (Å²) in [6.07, 6.45) is 3.35. The van der Waals surface area contributed by atoms with E-state index in [9.17, 15) is 4.79 Å². The van der Waals surface area contributed by atoms with E-state index in [0.29, 0.717) is 12.1 Å². The van der Waals surface area contributed by atoms with Gasteiger partial charge in [-0.15, -0.1) is 10.2 Å². The average Bonchev–Trinajstić information content (AvgIpc) is 3.38. The Morgan fingerprint density at radius 3 is 2.41 bits per heavy atom. The Morgan fingerprint density at radius 1 is 0.969 bits per heavy atom. The summed E-state index contributed by atoms with van der Waals surface area (Å²) in [5, 5.41) is 11.8. The molecule has 0 bridgehead atoms. The Bertz CT molecular complexity index is 983. The van der Waals surface area contributed by atoms with Gasteiger partial charge in [0.05, 0.1) is 5.69 Å². The van der Waals surface area contributed by atoms with E-state index in [1.165, 1.54) is 18.4 Å². The van der Waals surface area contributed by atoms with Gasteiger partial charge in [0, 0.05) is 37.3 Å². The van der Waals surface area contributed by atoms with Crippen LogP contribution in [0, 0.1) is 0 Å². The topological polar surface area (TPSA) is 61.4 Å². The zero-order valence-corrected chi connectivity index (χ0v) is 18.7. The van der Waals surface area contributed by atoms with E-state index in [1.807, 2.05) is 42.5 Å². The molecule has 6 nitrogen and oxygen atoms in total. The van der Waals surface area contributed by atoms with E-state index in [0.717, 1.165) is 49.7 Å². The first-order chi connectivity index (χ1) is 15.7. The molecule has 1 N–H and O–H groups in total. The minimum atomic E-state index is -0.0438. The Labute approximate surface area is 190 Å². The van der Waals surface area contributed by atoms with E-state index >= 15 is 0 Å². The van der Waals surface area contributed by atoms with Crippen LogP contribution in [-0.2, 0) is 6.54 Å². The Kier molecular flexibility index (Phi) is 7.46. The number of carbonyl (C=O) groups is 1. The van der Waals surface area contributed by atoms with E-state index in [-0.39, 0.29) is 5.91 Å². The fraction of sp³-hybridized carbons (Fsp3) is 0.346. The van der Waals surface area contributed by atoms with Gasteiger partial charge in [0.15, 0.2) is 5.82 Å². The lowest BCUT2D eigenvalue weighted by atomic mass is 10.1. The van der Waals surface area contributed by atoms with Crippen molar-refractivity contribution in [2.24, 2.45) is 0 Å². The van der Waals surface area contributed by atoms with Crippen molar-refractivity contribution in [2.75, 3.05) is 38.1 Å². The summed E-state index contributed by atoms with van der Waals surface area (Å²) < 4.78 is 0. The molecule has 0 spiro atoms. The Morgan fingerprint density at radius 2 is 1.72 bits per heavy atom. The van der Waals surface area contributed by atoms with Gasteiger partial charge in [-0.25, -0.2) is 0 Å². The minimum absolute atomic E-state index is 0.0438. The molecule has 1 aliphatic rings. The van der Waals surface area contributed by atoms with Gasteiger partial charge in [0.1, 0.15) is 0 Å². The highest BCUT2D eigenvalue weighted by Crippen LogP contribution is 2.21. The number of hydrogen-bond donors (Lipinski definition) is 1. The fourth-order valence-electron chi connectivity index (χ4n) is 4.01. The molecule has 4 rings (SSSR count). The first-order valence-corrected chi connectivity index (χ1v) is 11.4. The highest BCUT2D eigenvalue weighted by molar-refractivity contribution is 5.94. The molecular weight excluding hydrogens is 398 g/mol. The highest BCUT2D eigenvalue weighted by Gasteiger charge is 2.14. The number of rotatable bonds is 9. The van der Waals surface area contributed by atoms with Gasteiger partial charge in [-0.05, 0) is 62.7 Å². The van der Waals surface area contributed by atoms with E-state index in [1.54, 1.807) is 0 Å². The smallest absolute Gasteiger partial charge is 0.251 e. The van der Waals surface area contributed by atoms with E-state index in [4.69, 9.17) is 0 Å². The van der Waals surface area contributed by atoms with Crippen molar-refractivity contribution in [1.29, 1.82) is 0 Å². The maximum absolute atomic E-state index is 12.5. The normalized spacial score (nSPS) is 13.5. The highest BCUT2D eigenvalue weighted by atomic mass is 16.1. The summed E-state index contributed by atoms with van der Waals surface area (Å²) in [4.78, 5) is 17.0. The quantitative estimate of drug-likeness (QED) is 0.521. The van der Waals surface area contributed by atoms with Crippen LogP contribution in [0.15, 0.2) is 66.7 Å². The number of benzene rings is 2. The van der Waals surface area contributed by atoms with Crippen LogP contribution in [0.1, 0.15) is 35.2 Å². The van der Waals surface area contributed by atoms with Crippen LogP contribution in [0.3, 0.4) is 0 Å². The second-order valence-electron chi connectivity index (χ2n) is 8.38. The van der Waals surface area contributed by atoms with Crippen LogP contribution in [0.4, 0.5) is 5.82 Å². The fourth-order valence-corrected chi connectivity index (χ4v) is 4.01. The summed E-state index contributed by atoms with van der Waals surface area (Å²) in [7, 11) is 2.11. The third-order valence-corrected chi connectivity index (χ3v) is 5.82. The minimum Gasteiger partial charge on any atom is -0.355 e. The lowest BCUT2D eigenvalue weighted by molar-refractivity contribution is 0.0952. The van der Waals surface area contributed by atoms with Crippen molar-refractivity contribution in [1.82, 2.24) is 20.4 Å². The maximum atomic E-state index is 12.5.